The first-order chi connectivity index (χ1) is 14.3. The molecule has 1 fully saturated rings. The zero-order valence-corrected chi connectivity index (χ0v) is 17.1. The first-order valence-corrected chi connectivity index (χ1v) is 9.99. The molecule has 2 aromatic rings. The highest BCUT2D eigenvalue weighted by Gasteiger charge is 2.39. The Kier molecular flexibility index (Phi) is 6.82. The predicted octanol–water partition coefficient (Wildman–Crippen LogP) is 3.78. The third-order valence-corrected chi connectivity index (χ3v) is 5.19. The molecular formula is C21H26F3N3O3. The van der Waals surface area contributed by atoms with Gasteiger partial charge < -0.3 is 14.6 Å². The van der Waals surface area contributed by atoms with Gasteiger partial charge in [0.15, 0.2) is 0 Å². The maximum atomic E-state index is 13.3. The molecule has 1 aromatic carbocycles. The number of nitrogens with zero attached hydrogens (tertiary/aromatic N) is 3. The first kappa shape index (κ1) is 22.3. The van der Waals surface area contributed by atoms with Crippen LogP contribution in [0.15, 0.2) is 30.5 Å². The van der Waals surface area contributed by atoms with Gasteiger partial charge in [-0.05, 0) is 38.3 Å². The molecule has 3 rings (SSSR count). The highest BCUT2D eigenvalue weighted by Crippen LogP contribution is 2.38. The molecule has 0 bridgehead atoms. The lowest BCUT2D eigenvalue weighted by Crippen LogP contribution is -2.42. The Morgan fingerprint density at radius 2 is 1.77 bits per heavy atom. The minimum absolute atomic E-state index is 0.170. The van der Waals surface area contributed by atoms with Gasteiger partial charge in [0.05, 0.1) is 29.9 Å². The molecule has 0 unspecified atom stereocenters. The van der Waals surface area contributed by atoms with Crippen LogP contribution in [0.3, 0.4) is 0 Å². The van der Waals surface area contributed by atoms with E-state index in [2.05, 4.69) is 9.97 Å². The molecule has 0 atom stereocenters. The minimum atomic E-state index is -4.39. The van der Waals surface area contributed by atoms with Crippen molar-refractivity contribution in [2.45, 2.75) is 45.0 Å². The Morgan fingerprint density at radius 1 is 1.10 bits per heavy atom. The molecule has 0 radical (unpaired) electrons. The largest absolute Gasteiger partial charge is 0.478 e. The fourth-order valence-electron chi connectivity index (χ4n) is 3.64. The van der Waals surface area contributed by atoms with Crippen molar-refractivity contribution < 1.29 is 27.8 Å². The van der Waals surface area contributed by atoms with Crippen molar-refractivity contribution in [1.82, 2.24) is 14.9 Å². The van der Waals surface area contributed by atoms with Crippen LogP contribution in [0.2, 0.25) is 0 Å². The van der Waals surface area contributed by atoms with Gasteiger partial charge in [-0.1, -0.05) is 18.2 Å². The molecule has 0 amide bonds. The lowest BCUT2D eigenvalue weighted by Gasteiger charge is -2.38. The van der Waals surface area contributed by atoms with Crippen molar-refractivity contribution in [2.75, 3.05) is 26.3 Å². The number of hydrogen-bond acceptors (Lipinski definition) is 6. The van der Waals surface area contributed by atoms with E-state index < -0.39 is 17.3 Å². The molecular weight excluding hydrogens is 399 g/mol. The second-order valence-corrected chi connectivity index (χ2v) is 7.20. The maximum absolute atomic E-state index is 13.3. The Hall–Kier alpha value is -2.39. The Morgan fingerprint density at radius 3 is 2.40 bits per heavy atom. The summed E-state index contributed by atoms with van der Waals surface area (Å²) < 4.78 is 50.7. The third-order valence-electron chi connectivity index (χ3n) is 5.19. The fourth-order valence-corrected chi connectivity index (χ4v) is 3.64. The molecule has 0 aliphatic carbocycles. The number of ether oxygens (including phenoxy) is 2. The smallest absolute Gasteiger partial charge is 0.416 e. The van der Waals surface area contributed by atoms with Crippen LogP contribution in [0.1, 0.15) is 43.4 Å². The molecule has 164 valence electrons. The van der Waals surface area contributed by atoms with Crippen LogP contribution in [0.25, 0.3) is 0 Å². The number of aliphatic hydroxyl groups is 1. The van der Waals surface area contributed by atoms with Crippen molar-refractivity contribution in [2.24, 2.45) is 0 Å². The number of likely N-dealkylation sites (tertiary alicyclic amines) is 1. The van der Waals surface area contributed by atoms with Crippen LogP contribution in [-0.4, -0.2) is 46.3 Å². The van der Waals surface area contributed by atoms with Gasteiger partial charge in [-0.15, -0.1) is 0 Å². The van der Waals surface area contributed by atoms with Gasteiger partial charge in [0, 0.05) is 25.8 Å². The van der Waals surface area contributed by atoms with Crippen LogP contribution in [0.5, 0.6) is 11.9 Å². The summed E-state index contributed by atoms with van der Waals surface area (Å²) in [5.74, 6) is 0.273. The third kappa shape index (κ3) is 5.02. The van der Waals surface area contributed by atoms with Gasteiger partial charge in [0.1, 0.15) is 0 Å². The zero-order chi connectivity index (χ0) is 21.8. The highest BCUT2D eigenvalue weighted by atomic mass is 19.4. The van der Waals surface area contributed by atoms with E-state index in [0.29, 0.717) is 44.7 Å². The number of alkyl halides is 3. The van der Waals surface area contributed by atoms with Gasteiger partial charge in [0.2, 0.25) is 5.88 Å². The molecule has 1 aliphatic rings. The average Bonchev–Trinajstić information content (AvgIpc) is 2.70. The zero-order valence-electron chi connectivity index (χ0n) is 17.1. The van der Waals surface area contributed by atoms with Crippen LogP contribution < -0.4 is 9.47 Å². The molecule has 1 saturated heterocycles. The molecule has 2 heterocycles. The molecule has 1 aliphatic heterocycles. The predicted molar refractivity (Wildman–Crippen MR) is 104 cm³/mol. The molecule has 1 N–H and O–H groups in total. The maximum Gasteiger partial charge on any atom is 0.416 e. The van der Waals surface area contributed by atoms with Crippen molar-refractivity contribution >= 4 is 0 Å². The van der Waals surface area contributed by atoms with Crippen molar-refractivity contribution in [3.63, 3.8) is 0 Å². The van der Waals surface area contributed by atoms with E-state index in [1.165, 1.54) is 18.3 Å². The summed E-state index contributed by atoms with van der Waals surface area (Å²) in [6.07, 6.45) is -2.21. The summed E-state index contributed by atoms with van der Waals surface area (Å²) in [5.41, 5.74) is -1.13. The second kappa shape index (κ2) is 9.18. The van der Waals surface area contributed by atoms with Crippen LogP contribution in [0.4, 0.5) is 13.2 Å². The van der Waals surface area contributed by atoms with Crippen molar-refractivity contribution in [3.8, 4) is 11.9 Å². The van der Waals surface area contributed by atoms with Crippen molar-refractivity contribution in [3.05, 3.63) is 47.2 Å². The van der Waals surface area contributed by atoms with E-state index in [1.54, 1.807) is 6.07 Å². The summed E-state index contributed by atoms with van der Waals surface area (Å²) in [6.45, 7) is 5.44. The van der Waals surface area contributed by atoms with Gasteiger partial charge in [-0.25, -0.2) is 4.98 Å². The summed E-state index contributed by atoms with van der Waals surface area (Å²) in [7, 11) is 0. The minimum Gasteiger partial charge on any atom is -0.478 e. The molecule has 0 saturated carbocycles. The van der Waals surface area contributed by atoms with Crippen LogP contribution in [0, 0.1) is 0 Å². The highest BCUT2D eigenvalue weighted by molar-refractivity contribution is 5.33. The monoisotopic (exact) mass is 425 g/mol. The SMILES string of the molecule is CCOc1ncc(C2(O)CCN(Cc3ccccc3C(F)(F)F)CC2)c(OCC)n1. The number of piperidine rings is 1. The Bertz CT molecular complexity index is 853. The Balaban J connectivity index is 1.74. The number of hydrogen-bond donors (Lipinski definition) is 1. The van der Waals surface area contributed by atoms with E-state index in [0.717, 1.165) is 6.07 Å². The molecule has 6 nitrogen and oxygen atoms in total. The molecule has 9 heteroatoms. The average molecular weight is 425 g/mol. The topological polar surface area (TPSA) is 67.7 Å². The quantitative estimate of drug-likeness (QED) is 0.728. The van der Waals surface area contributed by atoms with Crippen LogP contribution in [-0.2, 0) is 18.3 Å². The molecule has 0 spiro atoms. The summed E-state index contributed by atoms with van der Waals surface area (Å²) >= 11 is 0. The van der Waals surface area contributed by atoms with Crippen molar-refractivity contribution in [1.29, 1.82) is 0 Å². The number of rotatable bonds is 7. The number of benzene rings is 1. The summed E-state index contributed by atoms with van der Waals surface area (Å²) in [4.78, 5) is 10.3. The lowest BCUT2D eigenvalue weighted by atomic mass is 9.85. The van der Waals surface area contributed by atoms with Gasteiger partial charge in [0.25, 0.3) is 0 Å². The normalized spacial score (nSPS) is 17.0. The van der Waals surface area contributed by atoms with Gasteiger partial charge in [-0.2, -0.15) is 18.2 Å². The molecule has 1 aromatic heterocycles. The van der Waals surface area contributed by atoms with Gasteiger partial charge in [-0.3, -0.25) is 4.90 Å². The van der Waals surface area contributed by atoms with E-state index in [4.69, 9.17) is 9.47 Å². The second-order valence-electron chi connectivity index (χ2n) is 7.20. The van der Waals surface area contributed by atoms with Crippen LogP contribution >= 0.6 is 0 Å². The number of halogens is 3. The van der Waals surface area contributed by atoms with E-state index in [1.807, 2.05) is 18.7 Å². The van der Waals surface area contributed by atoms with Gasteiger partial charge >= 0.3 is 12.2 Å². The van der Waals surface area contributed by atoms with E-state index in [9.17, 15) is 18.3 Å². The van der Waals surface area contributed by atoms with E-state index in [-0.39, 0.29) is 24.0 Å². The molecule has 30 heavy (non-hydrogen) atoms. The lowest BCUT2D eigenvalue weighted by molar-refractivity contribution is -0.138. The summed E-state index contributed by atoms with van der Waals surface area (Å²) in [5, 5.41) is 11.2. The standard InChI is InChI=1S/C21H26F3N3O3/c1-3-29-18-17(13-25-19(26-18)30-4-2)20(28)9-11-27(12-10-20)14-15-7-5-6-8-16(15)21(22,23)24/h5-8,13,28H,3-4,9-12,14H2,1-2H3. The first-order valence-electron chi connectivity index (χ1n) is 9.99. The Labute approximate surface area is 173 Å². The van der Waals surface area contributed by atoms with E-state index >= 15 is 0 Å². The summed E-state index contributed by atoms with van der Waals surface area (Å²) in [6, 6.07) is 5.77. The fraction of sp³-hybridized carbons (Fsp3) is 0.524. The number of aromatic nitrogens is 2.